The number of benzene rings is 1. The van der Waals surface area contributed by atoms with Crippen LogP contribution in [0.5, 0.6) is 11.5 Å². The molecule has 1 unspecified atom stereocenters. The minimum absolute atomic E-state index is 0.0414. The summed E-state index contributed by atoms with van der Waals surface area (Å²) in [6.45, 7) is 4.61. The zero-order valence-electron chi connectivity index (χ0n) is 19.4. The molecule has 1 aliphatic rings. The second-order valence-electron chi connectivity index (χ2n) is 8.07. The first-order valence-electron chi connectivity index (χ1n) is 10.4. The van der Waals surface area contributed by atoms with Gasteiger partial charge in [-0.1, -0.05) is 6.07 Å². The van der Waals surface area contributed by atoms with Gasteiger partial charge < -0.3 is 24.4 Å². The Morgan fingerprint density at radius 3 is 2.44 bits per heavy atom. The van der Waals surface area contributed by atoms with E-state index in [2.05, 4.69) is 10.2 Å². The number of carbonyl (C=O) groups is 2. The van der Waals surface area contributed by atoms with E-state index in [0.717, 1.165) is 6.54 Å². The molecule has 3 rings (SSSR count). The highest BCUT2D eigenvalue weighted by molar-refractivity contribution is 6.46. The summed E-state index contributed by atoms with van der Waals surface area (Å²) in [6, 6.07) is 4.48. The Morgan fingerprint density at radius 1 is 1.19 bits per heavy atom. The number of H-pyrrole nitrogens is 1. The van der Waals surface area contributed by atoms with Crippen molar-refractivity contribution in [2.24, 2.45) is 0 Å². The number of ether oxygens (including phenoxy) is 2. The van der Waals surface area contributed by atoms with Crippen molar-refractivity contribution in [2.45, 2.75) is 26.3 Å². The van der Waals surface area contributed by atoms with Gasteiger partial charge in [0, 0.05) is 12.2 Å². The van der Waals surface area contributed by atoms with Gasteiger partial charge in [0.15, 0.2) is 11.5 Å². The van der Waals surface area contributed by atoms with Crippen LogP contribution in [0.1, 0.15) is 35.0 Å². The van der Waals surface area contributed by atoms with Crippen LogP contribution in [0.25, 0.3) is 5.76 Å². The number of nitrogens with zero attached hydrogens (tertiary/aromatic N) is 3. The first-order valence-corrected chi connectivity index (χ1v) is 10.4. The van der Waals surface area contributed by atoms with Gasteiger partial charge in [-0.3, -0.25) is 14.7 Å². The minimum atomic E-state index is -0.759. The van der Waals surface area contributed by atoms with Crippen LogP contribution in [0.15, 0.2) is 23.8 Å². The highest BCUT2D eigenvalue weighted by atomic mass is 16.5. The molecule has 2 heterocycles. The van der Waals surface area contributed by atoms with Gasteiger partial charge in [0.2, 0.25) is 0 Å². The van der Waals surface area contributed by atoms with Crippen LogP contribution < -0.4 is 9.47 Å². The quantitative estimate of drug-likeness (QED) is 0.367. The van der Waals surface area contributed by atoms with Crippen molar-refractivity contribution >= 4 is 17.4 Å². The van der Waals surface area contributed by atoms with E-state index in [0.29, 0.717) is 47.0 Å². The fraction of sp³-hybridized carbons (Fsp3) is 0.435. The number of aromatic nitrogens is 2. The van der Waals surface area contributed by atoms with E-state index < -0.39 is 17.7 Å². The summed E-state index contributed by atoms with van der Waals surface area (Å²) in [5.74, 6) is -0.583. The number of likely N-dealkylation sites (tertiary alicyclic amines) is 1. The van der Waals surface area contributed by atoms with Crippen LogP contribution in [0.3, 0.4) is 0 Å². The number of nitrogens with one attached hydrogen (secondary N) is 1. The van der Waals surface area contributed by atoms with Crippen molar-refractivity contribution in [3.63, 3.8) is 0 Å². The first-order chi connectivity index (χ1) is 15.2. The van der Waals surface area contributed by atoms with Crippen molar-refractivity contribution in [2.75, 3.05) is 41.4 Å². The molecule has 1 saturated heterocycles. The van der Waals surface area contributed by atoms with Crippen LogP contribution in [0.2, 0.25) is 0 Å². The highest BCUT2D eigenvalue weighted by Crippen LogP contribution is 2.42. The third kappa shape index (κ3) is 4.20. The van der Waals surface area contributed by atoms with E-state index >= 15 is 0 Å². The molecular formula is C23H30N4O5. The summed E-state index contributed by atoms with van der Waals surface area (Å²) < 4.78 is 10.8. The average Bonchev–Trinajstić information content (AvgIpc) is 3.23. The van der Waals surface area contributed by atoms with Crippen molar-refractivity contribution in [3.05, 3.63) is 46.3 Å². The molecule has 2 aromatic rings. The average molecular weight is 443 g/mol. The monoisotopic (exact) mass is 442 g/mol. The molecule has 1 aliphatic heterocycles. The molecule has 1 aromatic heterocycles. The molecule has 32 heavy (non-hydrogen) atoms. The molecule has 172 valence electrons. The molecule has 0 saturated carbocycles. The Hall–Kier alpha value is -3.33. The normalized spacial score (nSPS) is 18.0. The second kappa shape index (κ2) is 9.44. The van der Waals surface area contributed by atoms with Gasteiger partial charge in [-0.15, -0.1) is 0 Å². The maximum absolute atomic E-state index is 13.1. The lowest BCUT2D eigenvalue weighted by molar-refractivity contribution is -0.139. The second-order valence-corrected chi connectivity index (χ2v) is 8.07. The number of hydrogen-bond donors (Lipinski definition) is 2. The number of rotatable bonds is 8. The molecule has 0 bridgehead atoms. The number of Topliss-reactive ketones (excluding diaryl/α,β-unsaturated/α-hetero) is 1. The number of amides is 1. The van der Waals surface area contributed by atoms with E-state index in [1.807, 2.05) is 19.0 Å². The van der Waals surface area contributed by atoms with Crippen molar-refractivity contribution in [1.82, 2.24) is 20.0 Å². The lowest BCUT2D eigenvalue weighted by Gasteiger charge is -2.26. The number of carbonyl (C=O) groups excluding carboxylic acids is 2. The number of aromatic amines is 1. The van der Waals surface area contributed by atoms with Gasteiger partial charge in [-0.2, -0.15) is 5.10 Å². The number of hydrogen-bond acceptors (Lipinski definition) is 7. The summed E-state index contributed by atoms with van der Waals surface area (Å²) in [6.07, 6.45) is 0.674. The Kier molecular flexibility index (Phi) is 6.88. The van der Waals surface area contributed by atoms with Crippen molar-refractivity contribution < 1.29 is 24.2 Å². The van der Waals surface area contributed by atoms with Crippen LogP contribution >= 0.6 is 0 Å². The number of aliphatic hydroxyl groups is 1. The van der Waals surface area contributed by atoms with Gasteiger partial charge in [-0.25, -0.2) is 0 Å². The smallest absolute Gasteiger partial charge is 0.295 e. The summed E-state index contributed by atoms with van der Waals surface area (Å²) in [5.41, 5.74) is 2.28. The van der Waals surface area contributed by atoms with Crippen molar-refractivity contribution in [1.29, 1.82) is 0 Å². The predicted molar refractivity (Wildman–Crippen MR) is 120 cm³/mol. The van der Waals surface area contributed by atoms with Gasteiger partial charge in [0.25, 0.3) is 11.7 Å². The molecule has 9 heteroatoms. The van der Waals surface area contributed by atoms with Gasteiger partial charge in [-0.05, 0) is 58.6 Å². The van der Waals surface area contributed by atoms with E-state index in [1.165, 1.54) is 19.1 Å². The van der Waals surface area contributed by atoms with Crippen LogP contribution in [0, 0.1) is 13.8 Å². The lowest BCUT2D eigenvalue weighted by atomic mass is 9.94. The summed E-state index contributed by atoms with van der Waals surface area (Å²) in [7, 11) is 6.96. The van der Waals surface area contributed by atoms with E-state index in [9.17, 15) is 14.7 Å². The maximum atomic E-state index is 13.1. The van der Waals surface area contributed by atoms with Crippen LogP contribution in [-0.2, 0) is 9.59 Å². The molecule has 0 aliphatic carbocycles. The molecule has 1 atom stereocenters. The fourth-order valence-corrected chi connectivity index (χ4v) is 4.07. The molecule has 1 aromatic carbocycles. The third-order valence-electron chi connectivity index (χ3n) is 5.63. The Labute approximate surface area is 187 Å². The minimum Gasteiger partial charge on any atom is -0.507 e. The molecule has 2 N–H and O–H groups in total. The van der Waals surface area contributed by atoms with Gasteiger partial charge in [0.05, 0.1) is 37.1 Å². The third-order valence-corrected chi connectivity index (χ3v) is 5.63. The highest BCUT2D eigenvalue weighted by Gasteiger charge is 2.46. The van der Waals surface area contributed by atoms with Crippen LogP contribution in [0.4, 0.5) is 0 Å². The Morgan fingerprint density at radius 2 is 1.88 bits per heavy atom. The van der Waals surface area contributed by atoms with E-state index in [4.69, 9.17) is 9.47 Å². The standard InChI is InChI=1S/C23H30N4O5/c1-13-18(14(2)25-24-13)21(28)19-20(15-8-9-16(31-5)17(12-15)32-6)27(23(30)22(19)29)11-7-10-26(3)4/h8-9,12,20,28H,7,10-11H2,1-6H3,(H,24,25). The number of aliphatic hydroxyl groups excluding tert-OH is 1. The molecular weight excluding hydrogens is 412 g/mol. The summed E-state index contributed by atoms with van der Waals surface area (Å²) in [5, 5.41) is 18.1. The lowest BCUT2D eigenvalue weighted by Crippen LogP contribution is -2.32. The largest absolute Gasteiger partial charge is 0.507 e. The maximum Gasteiger partial charge on any atom is 0.295 e. The first kappa shape index (κ1) is 23.3. The Balaban J connectivity index is 2.17. The molecule has 9 nitrogen and oxygen atoms in total. The number of aryl methyl sites for hydroxylation is 2. The fourth-order valence-electron chi connectivity index (χ4n) is 4.07. The molecule has 0 radical (unpaired) electrons. The SMILES string of the molecule is COc1ccc(C2C(=C(O)c3c(C)n[nH]c3C)C(=O)C(=O)N2CCCN(C)C)cc1OC. The van der Waals surface area contributed by atoms with E-state index in [-0.39, 0.29) is 11.3 Å². The zero-order valence-corrected chi connectivity index (χ0v) is 19.4. The Bertz CT molecular complexity index is 1040. The number of methoxy groups -OCH3 is 2. The van der Waals surface area contributed by atoms with Crippen molar-refractivity contribution in [3.8, 4) is 11.5 Å². The van der Waals surface area contributed by atoms with Gasteiger partial charge in [0.1, 0.15) is 5.76 Å². The zero-order chi connectivity index (χ0) is 23.6. The molecule has 1 fully saturated rings. The summed E-state index contributed by atoms with van der Waals surface area (Å²) >= 11 is 0. The van der Waals surface area contributed by atoms with E-state index in [1.54, 1.807) is 32.0 Å². The molecule has 1 amide bonds. The molecule has 0 spiro atoms. The van der Waals surface area contributed by atoms with Gasteiger partial charge >= 0.3 is 0 Å². The number of ketones is 1. The topological polar surface area (TPSA) is 108 Å². The summed E-state index contributed by atoms with van der Waals surface area (Å²) in [4.78, 5) is 29.7. The predicted octanol–water partition coefficient (Wildman–Crippen LogP) is 2.42. The van der Waals surface area contributed by atoms with Crippen LogP contribution in [-0.4, -0.2) is 78.2 Å².